The monoisotopic (exact) mass is 454 g/mol. The van der Waals surface area contributed by atoms with Crippen molar-refractivity contribution in [3.63, 3.8) is 0 Å². The van der Waals surface area contributed by atoms with E-state index in [0.29, 0.717) is 50.0 Å². The Morgan fingerprint density at radius 3 is 2.65 bits per heavy atom. The highest BCUT2D eigenvalue weighted by molar-refractivity contribution is 7.98. The van der Waals surface area contributed by atoms with Gasteiger partial charge < -0.3 is 14.0 Å². The van der Waals surface area contributed by atoms with Crippen LogP contribution >= 0.6 is 23.4 Å². The average Bonchev–Trinajstić information content (AvgIpc) is 3.30. The molecule has 0 unspecified atom stereocenters. The minimum absolute atomic E-state index is 0.0688. The molecular weight excluding hydrogens is 440 g/mol. The lowest BCUT2D eigenvalue weighted by atomic mass is 10.2. The number of ether oxygens (including phenoxy) is 2. The number of nitrogens with zero attached hydrogens (tertiary/aromatic N) is 4. The van der Waals surface area contributed by atoms with Gasteiger partial charge in [0.1, 0.15) is 0 Å². The molecule has 156 valence electrons. The SMILES string of the molecule is O=c1c2cc3c(cc2nc(SCc2nc(-c4ccc(Cl)cc4)no2)n1C1CC1)OCO3. The maximum Gasteiger partial charge on any atom is 0.262 e. The summed E-state index contributed by atoms with van der Waals surface area (Å²) >= 11 is 7.34. The van der Waals surface area contributed by atoms with Crippen LogP contribution in [0.15, 0.2) is 50.9 Å². The van der Waals surface area contributed by atoms with Crippen molar-refractivity contribution >= 4 is 34.3 Å². The summed E-state index contributed by atoms with van der Waals surface area (Å²) in [6.07, 6.45) is 1.93. The van der Waals surface area contributed by atoms with E-state index in [1.54, 1.807) is 28.8 Å². The van der Waals surface area contributed by atoms with Gasteiger partial charge in [-0.05, 0) is 43.2 Å². The van der Waals surface area contributed by atoms with Gasteiger partial charge in [0, 0.05) is 22.7 Å². The van der Waals surface area contributed by atoms with Crippen LogP contribution in [0.4, 0.5) is 0 Å². The zero-order valence-corrected chi connectivity index (χ0v) is 17.7. The van der Waals surface area contributed by atoms with Crippen molar-refractivity contribution in [2.24, 2.45) is 0 Å². The van der Waals surface area contributed by atoms with Crippen LogP contribution in [0.25, 0.3) is 22.3 Å². The molecule has 0 N–H and O–H groups in total. The highest BCUT2D eigenvalue weighted by Crippen LogP contribution is 2.39. The van der Waals surface area contributed by atoms with Gasteiger partial charge in [0.2, 0.25) is 18.5 Å². The molecule has 0 radical (unpaired) electrons. The van der Waals surface area contributed by atoms with E-state index >= 15 is 0 Å². The molecular formula is C21H15ClN4O4S. The van der Waals surface area contributed by atoms with Crippen molar-refractivity contribution in [2.75, 3.05) is 6.79 Å². The van der Waals surface area contributed by atoms with Gasteiger partial charge in [-0.25, -0.2) is 4.98 Å². The molecule has 31 heavy (non-hydrogen) atoms. The van der Waals surface area contributed by atoms with E-state index in [2.05, 4.69) is 10.1 Å². The number of hydrogen-bond acceptors (Lipinski definition) is 8. The zero-order valence-electron chi connectivity index (χ0n) is 16.1. The number of hydrogen-bond donors (Lipinski definition) is 0. The highest BCUT2D eigenvalue weighted by Gasteiger charge is 2.29. The van der Waals surface area contributed by atoms with Gasteiger partial charge in [0.15, 0.2) is 16.7 Å². The molecule has 1 fully saturated rings. The van der Waals surface area contributed by atoms with Crippen molar-refractivity contribution in [1.29, 1.82) is 0 Å². The van der Waals surface area contributed by atoms with Crippen LogP contribution < -0.4 is 15.0 Å². The van der Waals surface area contributed by atoms with Crippen LogP contribution in [0, 0.1) is 0 Å². The Balaban J connectivity index is 1.32. The predicted molar refractivity (Wildman–Crippen MR) is 115 cm³/mol. The fraction of sp³-hybridized carbons (Fsp3) is 0.238. The fourth-order valence-electron chi connectivity index (χ4n) is 3.48. The standard InChI is InChI=1S/C21H15ClN4O4S/c22-12-3-1-11(2-4-12)19-24-18(30-25-19)9-31-21-23-15-8-17-16(28-10-29-17)7-14(15)20(27)26(21)13-5-6-13/h1-4,7-8,13H,5-6,9-10H2. The third kappa shape index (κ3) is 3.43. The van der Waals surface area contributed by atoms with Crippen molar-refractivity contribution in [2.45, 2.75) is 29.8 Å². The summed E-state index contributed by atoms with van der Waals surface area (Å²) in [5.41, 5.74) is 1.33. The van der Waals surface area contributed by atoms with Crippen LogP contribution in [0.5, 0.6) is 11.5 Å². The zero-order chi connectivity index (χ0) is 20.9. The Hall–Kier alpha value is -3.04. The maximum atomic E-state index is 13.2. The smallest absolute Gasteiger partial charge is 0.262 e. The van der Waals surface area contributed by atoms with E-state index in [1.165, 1.54) is 11.8 Å². The van der Waals surface area contributed by atoms with Crippen LogP contribution in [-0.2, 0) is 5.75 Å². The summed E-state index contributed by atoms with van der Waals surface area (Å²) in [6, 6.07) is 10.9. The Morgan fingerprint density at radius 2 is 1.87 bits per heavy atom. The van der Waals surface area contributed by atoms with Gasteiger partial charge >= 0.3 is 0 Å². The molecule has 8 nitrogen and oxygen atoms in total. The van der Waals surface area contributed by atoms with Crippen LogP contribution in [0.1, 0.15) is 24.8 Å². The second-order valence-electron chi connectivity index (χ2n) is 7.33. The molecule has 6 rings (SSSR count). The van der Waals surface area contributed by atoms with Crippen molar-refractivity contribution in [3.8, 4) is 22.9 Å². The van der Waals surface area contributed by atoms with Crippen molar-refractivity contribution in [1.82, 2.24) is 19.7 Å². The first-order chi connectivity index (χ1) is 15.2. The third-order valence-electron chi connectivity index (χ3n) is 5.17. The number of rotatable bonds is 5. The van der Waals surface area contributed by atoms with Gasteiger partial charge in [0.25, 0.3) is 5.56 Å². The molecule has 3 heterocycles. The lowest BCUT2D eigenvalue weighted by Crippen LogP contribution is -2.22. The second kappa shape index (κ2) is 7.28. The minimum atomic E-state index is -0.0688. The van der Waals surface area contributed by atoms with E-state index in [9.17, 15) is 4.79 Å². The molecule has 0 atom stereocenters. The van der Waals surface area contributed by atoms with E-state index in [4.69, 9.17) is 30.6 Å². The Bertz CT molecular complexity index is 1360. The maximum absolute atomic E-state index is 13.2. The van der Waals surface area contributed by atoms with Gasteiger partial charge in [-0.2, -0.15) is 4.98 Å². The number of benzene rings is 2. The molecule has 0 amide bonds. The molecule has 1 aliphatic heterocycles. The van der Waals surface area contributed by atoms with Crippen LogP contribution in [-0.4, -0.2) is 26.5 Å². The average molecular weight is 455 g/mol. The molecule has 0 bridgehead atoms. The van der Waals surface area contributed by atoms with Crippen molar-refractivity contribution < 1.29 is 14.0 Å². The first-order valence-corrected chi connectivity index (χ1v) is 11.1. The van der Waals surface area contributed by atoms with Crippen molar-refractivity contribution in [3.05, 3.63) is 57.7 Å². The Labute approximate surface area is 185 Å². The summed E-state index contributed by atoms with van der Waals surface area (Å²) in [5, 5.41) is 5.85. The second-order valence-corrected chi connectivity index (χ2v) is 8.71. The topological polar surface area (TPSA) is 92.3 Å². The first kappa shape index (κ1) is 18.7. The van der Waals surface area contributed by atoms with E-state index in [-0.39, 0.29) is 18.4 Å². The molecule has 2 aromatic heterocycles. The number of aromatic nitrogens is 4. The Kier molecular flexibility index (Phi) is 4.39. The summed E-state index contributed by atoms with van der Waals surface area (Å²) in [7, 11) is 0. The number of thioether (sulfide) groups is 1. The minimum Gasteiger partial charge on any atom is -0.454 e. The predicted octanol–water partition coefficient (Wildman–Crippen LogP) is 4.46. The molecule has 2 aliphatic rings. The van der Waals surface area contributed by atoms with E-state index in [0.717, 1.165) is 18.4 Å². The molecule has 0 spiro atoms. The summed E-state index contributed by atoms with van der Waals surface area (Å²) < 4.78 is 18.0. The van der Waals surface area contributed by atoms with Crippen LogP contribution in [0.3, 0.4) is 0 Å². The van der Waals surface area contributed by atoms with E-state index in [1.807, 2.05) is 12.1 Å². The summed E-state index contributed by atoms with van der Waals surface area (Å²) in [6.45, 7) is 0.150. The Morgan fingerprint density at radius 1 is 1.10 bits per heavy atom. The number of fused-ring (bicyclic) bond motifs is 2. The molecule has 10 heteroatoms. The van der Waals surface area contributed by atoms with E-state index < -0.39 is 0 Å². The quantitative estimate of drug-likeness (QED) is 0.322. The molecule has 2 aromatic carbocycles. The lowest BCUT2D eigenvalue weighted by Gasteiger charge is -2.12. The van der Waals surface area contributed by atoms with Gasteiger partial charge in [-0.3, -0.25) is 9.36 Å². The lowest BCUT2D eigenvalue weighted by molar-refractivity contribution is 0.174. The third-order valence-corrected chi connectivity index (χ3v) is 6.36. The fourth-order valence-corrected chi connectivity index (χ4v) is 4.51. The van der Waals surface area contributed by atoms with Gasteiger partial charge in [-0.1, -0.05) is 28.5 Å². The van der Waals surface area contributed by atoms with Crippen LogP contribution in [0.2, 0.25) is 5.02 Å². The molecule has 1 aliphatic carbocycles. The summed E-state index contributed by atoms with van der Waals surface area (Å²) in [5.74, 6) is 2.53. The van der Waals surface area contributed by atoms with Gasteiger partial charge in [0.05, 0.1) is 16.7 Å². The largest absolute Gasteiger partial charge is 0.454 e. The summed E-state index contributed by atoms with van der Waals surface area (Å²) in [4.78, 5) is 22.4. The molecule has 0 saturated heterocycles. The normalized spacial score (nSPS) is 15.0. The molecule has 4 aromatic rings. The number of halogens is 1. The molecule has 1 saturated carbocycles. The highest BCUT2D eigenvalue weighted by atomic mass is 35.5. The van der Waals surface area contributed by atoms with Gasteiger partial charge in [-0.15, -0.1) is 0 Å². The first-order valence-electron chi connectivity index (χ1n) is 9.73.